The van der Waals surface area contributed by atoms with E-state index in [9.17, 15) is 9.18 Å². The van der Waals surface area contributed by atoms with Gasteiger partial charge < -0.3 is 10.6 Å². The molecule has 0 bridgehead atoms. The van der Waals surface area contributed by atoms with Gasteiger partial charge in [-0.05, 0) is 24.4 Å². The van der Waals surface area contributed by atoms with E-state index in [4.69, 9.17) is 11.6 Å². The largest absolute Gasteiger partial charge is 0.361 e. The molecule has 1 heterocycles. The van der Waals surface area contributed by atoms with Crippen molar-refractivity contribution in [3.63, 3.8) is 0 Å². The quantitative estimate of drug-likeness (QED) is 0.886. The van der Waals surface area contributed by atoms with Crippen LogP contribution in [0.3, 0.4) is 0 Å². The third-order valence-electron chi connectivity index (χ3n) is 3.87. The maximum Gasteiger partial charge on any atom is 0.219 e. The molecule has 24 heavy (non-hydrogen) atoms. The number of benzene rings is 2. The normalized spacial score (nSPS) is 19.4. The molecule has 0 aliphatic carbocycles. The average molecular weight is 343 g/mol. The summed E-state index contributed by atoms with van der Waals surface area (Å²) in [6, 6.07) is 13.6. The molecule has 2 N–H and O–H groups in total. The molecule has 1 unspecified atom stereocenters. The molecule has 3 rings (SSSR count). The lowest BCUT2D eigenvalue weighted by Crippen LogP contribution is -2.55. The smallest absolute Gasteiger partial charge is 0.219 e. The van der Waals surface area contributed by atoms with E-state index in [1.807, 2.05) is 6.07 Å². The molecule has 0 saturated carbocycles. The van der Waals surface area contributed by atoms with Gasteiger partial charge in [-0.25, -0.2) is 4.39 Å². The van der Waals surface area contributed by atoms with Gasteiger partial charge in [-0.2, -0.15) is 0 Å². The van der Waals surface area contributed by atoms with Gasteiger partial charge in [-0.15, -0.1) is 0 Å². The highest BCUT2D eigenvalue weighted by Gasteiger charge is 2.40. The fourth-order valence-electron chi connectivity index (χ4n) is 2.91. The molecule has 0 radical (unpaired) electrons. The average Bonchev–Trinajstić information content (AvgIpc) is 2.56. The van der Waals surface area contributed by atoms with Crippen molar-refractivity contribution in [1.82, 2.24) is 10.6 Å². The van der Waals surface area contributed by atoms with Crippen molar-refractivity contribution in [3.8, 4) is 0 Å². The van der Waals surface area contributed by atoms with E-state index in [0.29, 0.717) is 21.7 Å². The molecule has 0 aromatic heterocycles. The third kappa shape index (κ3) is 2.81. The maximum absolute atomic E-state index is 14.4. The Bertz CT molecular complexity index is 847. The molecule has 1 amide bonds. The van der Waals surface area contributed by atoms with Crippen molar-refractivity contribution in [2.24, 2.45) is 0 Å². The Balaban J connectivity index is 2.26. The molecular formula is C19H16ClFN2O. The minimum Gasteiger partial charge on any atom is -0.361 e. The standard InChI is InChI=1S/C19H16ClFN2O/c1-13(24)23-19(16-8-3-4-10-17(16)20)15(9-6-12-22-19)14-7-2-5-11-18(14)21/h2-12,22H,1H3,(H,23,24). The van der Waals surface area contributed by atoms with Gasteiger partial charge in [0.1, 0.15) is 5.82 Å². The van der Waals surface area contributed by atoms with Crippen LogP contribution < -0.4 is 10.6 Å². The van der Waals surface area contributed by atoms with E-state index in [1.165, 1.54) is 13.0 Å². The monoisotopic (exact) mass is 342 g/mol. The number of hydrogen-bond acceptors (Lipinski definition) is 2. The van der Waals surface area contributed by atoms with Crippen molar-refractivity contribution >= 4 is 23.1 Å². The first kappa shape index (κ1) is 16.3. The molecule has 0 fully saturated rings. The zero-order valence-electron chi connectivity index (χ0n) is 13.0. The number of nitrogens with one attached hydrogen (secondary N) is 2. The summed E-state index contributed by atoms with van der Waals surface area (Å²) in [7, 11) is 0. The van der Waals surface area contributed by atoms with Gasteiger partial charge in [0.25, 0.3) is 0 Å². The van der Waals surface area contributed by atoms with E-state index in [-0.39, 0.29) is 11.7 Å². The number of carbonyl (C=O) groups excluding carboxylic acids is 1. The summed E-state index contributed by atoms with van der Waals surface area (Å²) in [5.74, 6) is -0.636. The van der Waals surface area contributed by atoms with Crippen molar-refractivity contribution in [2.75, 3.05) is 0 Å². The summed E-state index contributed by atoms with van der Waals surface area (Å²) in [5, 5.41) is 6.54. The molecule has 5 heteroatoms. The third-order valence-corrected chi connectivity index (χ3v) is 4.20. The van der Waals surface area contributed by atoms with Crippen molar-refractivity contribution in [3.05, 3.63) is 88.8 Å². The molecule has 0 spiro atoms. The summed E-state index contributed by atoms with van der Waals surface area (Å²) in [6.07, 6.45) is 5.23. The van der Waals surface area contributed by atoms with Crippen LogP contribution in [0.1, 0.15) is 18.1 Å². The zero-order valence-corrected chi connectivity index (χ0v) is 13.8. The van der Waals surface area contributed by atoms with E-state index >= 15 is 0 Å². The van der Waals surface area contributed by atoms with Crippen molar-refractivity contribution in [1.29, 1.82) is 0 Å². The number of hydrogen-bond donors (Lipinski definition) is 2. The molecular weight excluding hydrogens is 327 g/mol. The lowest BCUT2D eigenvalue weighted by molar-refractivity contribution is -0.120. The SMILES string of the molecule is CC(=O)NC1(c2ccccc2Cl)NC=CC=C1c1ccccc1F. The first-order valence-corrected chi connectivity index (χ1v) is 7.86. The van der Waals surface area contributed by atoms with Crippen LogP contribution in [0.4, 0.5) is 4.39 Å². The lowest BCUT2D eigenvalue weighted by Gasteiger charge is -2.40. The fraction of sp³-hybridized carbons (Fsp3) is 0.105. The summed E-state index contributed by atoms with van der Waals surface area (Å²) >= 11 is 6.39. The number of halogens is 2. The summed E-state index contributed by atoms with van der Waals surface area (Å²) < 4.78 is 14.4. The number of rotatable bonds is 3. The van der Waals surface area contributed by atoms with Gasteiger partial charge in [-0.1, -0.05) is 54.1 Å². The number of amides is 1. The number of allylic oxidation sites excluding steroid dienone is 2. The Labute approximate surface area is 144 Å². The van der Waals surface area contributed by atoms with Crippen LogP contribution in [0, 0.1) is 5.82 Å². The topological polar surface area (TPSA) is 41.1 Å². The van der Waals surface area contributed by atoms with Gasteiger partial charge in [0, 0.05) is 28.6 Å². The second-order valence-corrected chi connectivity index (χ2v) is 5.88. The van der Waals surface area contributed by atoms with Crippen LogP contribution in [-0.4, -0.2) is 5.91 Å². The van der Waals surface area contributed by atoms with Crippen molar-refractivity contribution in [2.45, 2.75) is 12.6 Å². The van der Waals surface area contributed by atoms with Gasteiger partial charge in [0.2, 0.25) is 5.91 Å². The van der Waals surface area contributed by atoms with E-state index in [2.05, 4.69) is 10.6 Å². The molecule has 2 aromatic rings. The van der Waals surface area contributed by atoms with Gasteiger partial charge in [-0.3, -0.25) is 4.79 Å². The maximum atomic E-state index is 14.4. The molecule has 1 atom stereocenters. The second-order valence-electron chi connectivity index (χ2n) is 5.47. The van der Waals surface area contributed by atoms with Gasteiger partial charge in [0.15, 0.2) is 5.66 Å². The minimum absolute atomic E-state index is 0.264. The van der Waals surface area contributed by atoms with Crippen LogP contribution in [-0.2, 0) is 10.5 Å². The van der Waals surface area contributed by atoms with Crippen LogP contribution in [0.2, 0.25) is 5.02 Å². The van der Waals surface area contributed by atoms with Crippen LogP contribution in [0.15, 0.2) is 66.9 Å². The van der Waals surface area contributed by atoms with Crippen molar-refractivity contribution < 1.29 is 9.18 Å². The highest BCUT2D eigenvalue weighted by molar-refractivity contribution is 6.31. The molecule has 0 saturated heterocycles. The number of dihydropyridines is 1. The Morgan fingerprint density at radius 2 is 1.88 bits per heavy atom. The highest BCUT2D eigenvalue weighted by Crippen LogP contribution is 2.40. The Morgan fingerprint density at radius 1 is 1.17 bits per heavy atom. The highest BCUT2D eigenvalue weighted by atomic mass is 35.5. The van der Waals surface area contributed by atoms with Crippen LogP contribution >= 0.6 is 11.6 Å². The predicted molar refractivity (Wildman–Crippen MR) is 93.6 cm³/mol. The molecule has 122 valence electrons. The zero-order chi connectivity index (χ0) is 17.2. The number of carbonyl (C=O) groups is 1. The molecule has 1 aliphatic rings. The first-order chi connectivity index (χ1) is 11.5. The minimum atomic E-state index is -1.15. The molecule has 1 aliphatic heterocycles. The Hall–Kier alpha value is -2.59. The Morgan fingerprint density at radius 3 is 2.58 bits per heavy atom. The van der Waals surface area contributed by atoms with E-state index < -0.39 is 5.66 Å². The molecule has 3 nitrogen and oxygen atoms in total. The second kappa shape index (κ2) is 6.49. The summed E-state index contributed by atoms with van der Waals surface area (Å²) in [5.41, 5.74) is 0.455. The predicted octanol–water partition coefficient (Wildman–Crippen LogP) is 3.97. The lowest BCUT2D eigenvalue weighted by atomic mass is 9.84. The van der Waals surface area contributed by atoms with Crippen LogP contribution in [0.5, 0.6) is 0 Å². The van der Waals surface area contributed by atoms with Crippen LogP contribution in [0.25, 0.3) is 5.57 Å². The summed E-state index contributed by atoms with van der Waals surface area (Å²) in [4.78, 5) is 11.9. The summed E-state index contributed by atoms with van der Waals surface area (Å²) in [6.45, 7) is 1.41. The first-order valence-electron chi connectivity index (χ1n) is 7.48. The molecule has 2 aromatic carbocycles. The van der Waals surface area contributed by atoms with E-state index in [0.717, 1.165) is 0 Å². The fourth-order valence-corrected chi connectivity index (χ4v) is 3.19. The Kier molecular flexibility index (Phi) is 4.40. The van der Waals surface area contributed by atoms with Gasteiger partial charge >= 0.3 is 0 Å². The van der Waals surface area contributed by atoms with E-state index in [1.54, 1.807) is 54.8 Å². The van der Waals surface area contributed by atoms with Gasteiger partial charge in [0.05, 0.1) is 0 Å².